The minimum atomic E-state index is 0.150. The Morgan fingerprint density at radius 3 is 3.25 bits per heavy atom. The quantitative estimate of drug-likeness (QED) is 0.605. The molecule has 1 fully saturated rings. The fraction of sp³-hybridized carbons (Fsp3) is 0.667. The van der Waals surface area contributed by atoms with E-state index < -0.39 is 0 Å². The van der Waals surface area contributed by atoms with E-state index in [2.05, 4.69) is 16.3 Å². The van der Waals surface area contributed by atoms with Crippen molar-refractivity contribution < 1.29 is 4.79 Å². The molecule has 0 aromatic heterocycles. The first-order chi connectivity index (χ1) is 5.83. The van der Waals surface area contributed by atoms with E-state index in [4.69, 9.17) is 0 Å². The summed E-state index contributed by atoms with van der Waals surface area (Å²) in [6.45, 7) is 5.28. The van der Waals surface area contributed by atoms with Gasteiger partial charge in [-0.1, -0.05) is 12.2 Å². The smallest absolute Gasteiger partial charge is 0.234 e. The molecule has 3 nitrogen and oxygen atoms in total. The van der Waals surface area contributed by atoms with Gasteiger partial charge in [0.1, 0.15) is 0 Å². The number of amides is 1. The zero-order valence-electron chi connectivity index (χ0n) is 7.55. The number of carbonyl (C=O) groups excluding carboxylic acids is 1. The van der Waals surface area contributed by atoms with Crippen molar-refractivity contribution in [1.82, 2.24) is 10.2 Å². The molecule has 0 atom stereocenters. The number of hydrogen-bond donors (Lipinski definition) is 1. The lowest BCUT2D eigenvalue weighted by Gasteiger charge is -2.15. The lowest BCUT2D eigenvalue weighted by atomic mass is 10.4. The molecule has 0 aromatic rings. The SMILES string of the molecule is C/C=C/CN1CCCNC(=O)C1. The molecule has 1 amide bonds. The maximum atomic E-state index is 11.1. The summed E-state index contributed by atoms with van der Waals surface area (Å²) in [5.41, 5.74) is 0. The van der Waals surface area contributed by atoms with E-state index in [-0.39, 0.29) is 5.91 Å². The molecule has 0 aliphatic carbocycles. The second-order valence-electron chi connectivity index (χ2n) is 3.01. The Hall–Kier alpha value is -0.830. The second-order valence-corrected chi connectivity index (χ2v) is 3.01. The first-order valence-corrected chi connectivity index (χ1v) is 4.43. The summed E-state index contributed by atoms with van der Waals surface area (Å²) in [4.78, 5) is 13.2. The number of carbonyl (C=O) groups is 1. The van der Waals surface area contributed by atoms with E-state index in [9.17, 15) is 4.79 Å². The minimum Gasteiger partial charge on any atom is -0.355 e. The zero-order valence-corrected chi connectivity index (χ0v) is 7.55. The van der Waals surface area contributed by atoms with Crippen molar-refractivity contribution in [3.63, 3.8) is 0 Å². The summed E-state index contributed by atoms with van der Waals surface area (Å²) < 4.78 is 0. The number of rotatable bonds is 2. The van der Waals surface area contributed by atoms with Gasteiger partial charge in [0.05, 0.1) is 6.54 Å². The lowest BCUT2D eigenvalue weighted by Crippen LogP contribution is -2.33. The van der Waals surface area contributed by atoms with E-state index in [1.54, 1.807) is 0 Å². The van der Waals surface area contributed by atoms with Crippen molar-refractivity contribution in [3.8, 4) is 0 Å². The molecule has 0 saturated carbocycles. The molecule has 0 aromatic carbocycles. The van der Waals surface area contributed by atoms with Crippen molar-refractivity contribution in [2.24, 2.45) is 0 Å². The molecule has 12 heavy (non-hydrogen) atoms. The molecule has 1 saturated heterocycles. The maximum absolute atomic E-state index is 11.1. The summed E-state index contributed by atoms with van der Waals surface area (Å²) in [5, 5.41) is 2.85. The van der Waals surface area contributed by atoms with Gasteiger partial charge in [-0.2, -0.15) is 0 Å². The Morgan fingerprint density at radius 2 is 2.50 bits per heavy atom. The third kappa shape index (κ3) is 3.05. The van der Waals surface area contributed by atoms with Crippen LogP contribution in [0.3, 0.4) is 0 Å². The number of nitrogens with zero attached hydrogens (tertiary/aromatic N) is 1. The van der Waals surface area contributed by atoms with Crippen LogP contribution in [0.15, 0.2) is 12.2 Å². The van der Waals surface area contributed by atoms with E-state index in [0.717, 1.165) is 26.1 Å². The summed E-state index contributed by atoms with van der Waals surface area (Å²) in [5.74, 6) is 0.150. The van der Waals surface area contributed by atoms with Gasteiger partial charge in [-0.15, -0.1) is 0 Å². The van der Waals surface area contributed by atoms with Gasteiger partial charge in [0.15, 0.2) is 0 Å². The third-order valence-corrected chi connectivity index (χ3v) is 1.94. The monoisotopic (exact) mass is 168 g/mol. The van der Waals surface area contributed by atoms with E-state index in [1.807, 2.05) is 13.0 Å². The summed E-state index contributed by atoms with van der Waals surface area (Å²) in [6, 6.07) is 0. The first-order valence-electron chi connectivity index (χ1n) is 4.43. The predicted octanol–water partition coefficient (Wildman–Crippen LogP) is 0.384. The van der Waals surface area contributed by atoms with E-state index in [1.165, 1.54) is 0 Å². The second kappa shape index (κ2) is 4.93. The van der Waals surface area contributed by atoms with Crippen LogP contribution in [0.2, 0.25) is 0 Å². The molecule has 3 heteroatoms. The van der Waals surface area contributed by atoms with Crippen LogP contribution in [0.25, 0.3) is 0 Å². The van der Waals surface area contributed by atoms with Crippen molar-refractivity contribution >= 4 is 5.91 Å². The van der Waals surface area contributed by atoms with Crippen LogP contribution < -0.4 is 5.32 Å². The zero-order chi connectivity index (χ0) is 8.81. The van der Waals surface area contributed by atoms with Gasteiger partial charge in [0.2, 0.25) is 5.91 Å². The van der Waals surface area contributed by atoms with Gasteiger partial charge in [-0.3, -0.25) is 9.69 Å². The normalized spacial score (nSPS) is 20.9. The lowest BCUT2D eigenvalue weighted by molar-refractivity contribution is -0.121. The Labute approximate surface area is 73.4 Å². The van der Waals surface area contributed by atoms with Crippen LogP contribution in [0.1, 0.15) is 13.3 Å². The molecule has 1 rings (SSSR count). The van der Waals surface area contributed by atoms with Gasteiger partial charge >= 0.3 is 0 Å². The molecule has 1 aliphatic rings. The molecule has 0 bridgehead atoms. The molecule has 1 aliphatic heterocycles. The topological polar surface area (TPSA) is 32.3 Å². The standard InChI is InChI=1S/C9H16N2O/c1-2-3-6-11-7-4-5-10-9(12)8-11/h2-3H,4-8H2,1H3,(H,10,12)/b3-2+. The molecule has 0 unspecified atom stereocenters. The van der Waals surface area contributed by atoms with Crippen LogP contribution >= 0.6 is 0 Å². The van der Waals surface area contributed by atoms with E-state index in [0.29, 0.717) is 6.54 Å². The highest BCUT2D eigenvalue weighted by Crippen LogP contribution is 1.95. The number of nitrogens with one attached hydrogen (secondary N) is 1. The predicted molar refractivity (Wildman–Crippen MR) is 48.9 cm³/mol. The fourth-order valence-electron chi connectivity index (χ4n) is 1.28. The summed E-state index contributed by atoms with van der Waals surface area (Å²) in [6.07, 6.45) is 5.16. The van der Waals surface area contributed by atoms with Crippen LogP contribution in [0, 0.1) is 0 Å². The average molecular weight is 168 g/mol. The van der Waals surface area contributed by atoms with Gasteiger partial charge < -0.3 is 5.32 Å². The number of hydrogen-bond acceptors (Lipinski definition) is 2. The molecule has 0 radical (unpaired) electrons. The minimum absolute atomic E-state index is 0.150. The maximum Gasteiger partial charge on any atom is 0.234 e. The molecule has 0 spiro atoms. The van der Waals surface area contributed by atoms with Gasteiger partial charge in [-0.25, -0.2) is 0 Å². The van der Waals surface area contributed by atoms with Gasteiger partial charge in [-0.05, 0) is 13.3 Å². The van der Waals surface area contributed by atoms with Crippen LogP contribution in [0.4, 0.5) is 0 Å². The molecular weight excluding hydrogens is 152 g/mol. The van der Waals surface area contributed by atoms with Crippen molar-refractivity contribution in [3.05, 3.63) is 12.2 Å². The molecule has 1 heterocycles. The summed E-state index contributed by atoms with van der Waals surface area (Å²) in [7, 11) is 0. The highest BCUT2D eigenvalue weighted by molar-refractivity contribution is 5.78. The van der Waals surface area contributed by atoms with Crippen LogP contribution in [0.5, 0.6) is 0 Å². The molecule has 1 N–H and O–H groups in total. The average Bonchev–Trinajstić information content (AvgIpc) is 2.26. The van der Waals surface area contributed by atoms with Gasteiger partial charge in [0, 0.05) is 19.6 Å². The van der Waals surface area contributed by atoms with Crippen molar-refractivity contribution in [2.75, 3.05) is 26.2 Å². The highest BCUT2D eigenvalue weighted by Gasteiger charge is 2.12. The Kier molecular flexibility index (Phi) is 3.80. The molecule has 68 valence electrons. The van der Waals surface area contributed by atoms with Crippen LogP contribution in [-0.4, -0.2) is 37.0 Å². The Bertz CT molecular complexity index is 177. The van der Waals surface area contributed by atoms with Crippen molar-refractivity contribution in [1.29, 1.82) is 0 Å². The van der Waals surface area contributed by atoms with Crippen molar-refractivity contribution in [2.45, 2.75) is 13.3 Å². The fourth-order valence-corrected chi connectivity index (χ4v) is 1.28. The number of allylic oxidation sites excluding steroid dienone is 1. The van der Waals surface area contributed by atoms with Crippen LogP contribution in [-0.2, 0) is 4.79 Å². The third-order valence-electron chi connectivity index (χ3n) is 1.94. The molecular formula is C9H16N2O. The Morgan fingerprint density at radius 1 is 1.67 bits per heavy atom. The Balaban J connectivity index is 2.35. The van der Waals surface area contributed by atoms with E-state index >= 15 is 0 Å². The van der Waals surface area contributed by atoms with Gasteiger partial charge in [0.25, 0.3) is 0 Å². The highest BCUT2D eigenvalue weighted by atomic mass is 16.2. The largest absolute Gasteiger partial charge is 0.355 e. The summed E-state index contributed by atoms with van der Waals surface area (Å²) >= 11 is 0. The first kappa shape index (κ1) is 9.26.